The fraction of sp³-hybridized carbons (Fsp3) is 0.550. The first-order valence-electron chi connectivity index (χ1n) is 10.0. The van der Waals surface area contributed by atoms with E-state index < -0.39 is 0 Å². The average Bonchev–Trinajstić information content (AvgIpc) is 3.07. The Hall–Kier alpha value is -1.88. The molecule has 3 rings (SSSR count). The number of aromatic nitrogens is 2. The molecule has 0 aliphatic carbocycles. The normalized spacial score (nSPS) is 15.9. The number of nitrogens with one attached hydrogen (secondary N) is 2. The van der Waals surface area contributed by atoms with Crippen LogP contribution in [0.3, 0.4) is 0 Å². The Labute approximate surface area is 189 Å². The summed E-state index contributed by atoms with van der Waals surface area (Å²) in [6, 6.07) is 4.47. The van der Waals surface area contributed by atoms with Gasteiger partial charge in [-0.15, -0.1) is 24.0 Å². The minimum atomic E-state index is -0.261. The highest BCUT2D eigenvalue weighted by Gasteiger charge is 2.20. The molecule has 1 fully saturated rings. The Morgan fingerprint density at radius 1 is 1.38 bits per heavy atom. The molecule has 0 radical (unpaired) electrons. The highest BCUT2D eigenvalue weighted by atomic mass is 127. The van der Waals surface area contributed by atoms with E-state index in [-0.39, 0.29) is 29.9 Å². The fourth-order valence-corrected chi connectivity index (χ4v) is 3.58. The molecule has 0 bridgehead atoms. The van der Waals surface area contributed by atoms with Gasteiger partial charge in [0, 0.05) is 51.0 Å². The van der Waals surface area contributed by atoms with Crippen molar-refractivity contribution in [2.24, 2.45) is 10.7 Å². The Balaban J connectivity index is 0.00000300. The van der Waals surface area contributed by atoms with Crippen LogP contribution in [0.4, 0.5) is 0 Å². The van der Waals surface area contributed by atoms with E-state index in [0.717, 1.165) is 56.2 Å². The smallest absolute Gasteiger partial charge is 0.231 e. The quantitative estimate of drug-likeness (QED) is 0.295. The van der Waals surface area contributed by atoms with E-state index in [1.54, 1.807) is 0 Å². The maximum absolute atomic E-state index is 11.1. The zero-order chi connectivity index (χ0) is 19.9. The molecule has 0 saturated carbocycles. The van der Waals surface area contributed by atoms with Crippen LogP contribution in [-0.4, -0.2) is 64.9 Å². The molecule has 9 heteroatoms. The Morgan fingerprint density at radius 3 is 2.79 bits per heavy atom. The number of nitrogens with zero attached hydrogens (tertiary/aromatic N) is 4. The zero-order valence-electron chi connectivity index (χ0n) is 17.2. The number of carbonyl (C=O) groups is 1. The van der Waals surface area contributed by atoms with Gasteiger partial charge < -0.3 is 20.8 Å². The second-order valence-corrected chi connectivity index (χ2v) is 7.33. The summed E-state index contributed by atoms with van der Waals surface area (Å²) in [5, 5.41) is 6.84. The molecule has 1 aliphatic heterocycles. The summed E-state index contributed by atoms with van der Waals surface area (Å²) < 4.78 is 2.07. The largest absolute Gasteiger partial charge is 0.369 e. The standard InChI is InChI=1S/C20H31N7O.HI/c1-3-22-20(25-16-7-11-26(12-8-16)14-18(21)28)23-9-6-17-13-27-10-4-5-15(2)19(27)24-17;/h4-5,10,13,16H,3,6-9,11-12,14H2,1-2H3,(H2,21,28)(H2,22,23,25);1H. The van der Waals surface area contributed by atoms with Gasteiger partial charge in [-0.05, 0) is 38.3 Å². The molecular weight excluding hydrogens is 481 g/mol. The van der Waals surface area contributed by atoms with Gasteiger partial charge in [-0.3, -0.25) is 14.7 Å². The lowest BCUT2D eigenvalue weighted by Crippen LogP contribution is -2.49. The third kappa shape index (κ3) is 6.84. The van der Waals surface area contributed by atoms with Crippen molar-refractivity contribution in [2.75, 3.05) is 32.7 Å². The van der Waals surface area contributed by atoms with E-state index in [0.29, 0.717) is 19.1 Å². The number of hydrogen-bond acceptors (Lipinski definition) is 4. The van der Waals surface area contributed by atoms with Crippen LogP contribution in [0.2, 0.25) is 0 Å². The number of pyridine rings is 1. The maximum Gasteiger partial charge on any atom is 0.231 e. The first-order chi connectivity index (χ1) is 13.5. The van der Waals surface area contributed by atoms with Gasteiger partial charge in [-0.1, -0.05) is 6.07 Å². The van der Waals surface area contributed by atoms with Crippen molar-refractivity contribution in [3.63, 3.8) is 0 Å². The molecule has 0 unspecified atom stereocenters. The van der Waals surface area contributed by atoms with E-state index in [1.807, 2.05) is 12.3 Å². The second kappa shape index (κ2) is 11.3. The average molecular weight is 513 g/mol. The molecule has 0 spiro atoms. The topological polar surface area (TPSA) is 100 Å². The molecule has 2 aromatic heterocycles. The summed E-state index contributed by atoms with van der Waals surface area (Å²) in [7, 11) is 0. The van der Waals surface area contributed by atoms with Crippen molar-refractivity contribution in [3.05, 3.63) is 35.8 Å². The fourth-order valence-electron chi connectivity index (χ4n) is 3.58. The molecule has 1 saturated heterocycles. The summed E-state index contributed by atoms with van der Waals surface area (Å²) in [4.78, 5) is 22.6. The lowest BCUT2D eigenvalue weighted by atomic mass is 10.1. The number of likely N-dealkylation sites (tertiary alicyclic amines) is 1. The predicted octanol–water partition coefficient (Wildman–Crippen LogP) is 1.31. The second-order valence-electron chi connectivity index (χ2n) is 7.33. The van der Waals surface area contributed by atoms with Crippen LogP contribution >= 0.6 is 24.0 Å². The van der Waals surface area contributed by atoms with Crippen LogP contribution in [0.25, 0.3) is 5.65 Å². The number of primary amides is 1. The highest BCUT2D eigenvalue weighted by molar-refractivity contribution is 14.0. The highest BCUT2D eigenvalue weighted by Crippen LogP contribution is 2.11. The number of hydrogen-bond donors (Lipinski definition) is 3. The molecule has 2 aromatic rings. The first kappa shape index (κ1) is 23.4. The molecule has 1 aliphatic rings. The number of fused-ring (bicyclic) bond motifs is 1. The van der Waals surface area contributed by atoms with Crippen LogP contribution in [0.5, 0.6) is 0 Å². The van der Waals surface area contributed by atoms with Crippen LogP contribution in [0.1, 0.15) is 31.0 Å². The van der Waals surface area contributed by atoms with Gasteiger partial charge in [-0.2, -0.15) is 0 Å². The van der Waals surface area contributed by atoms with E-state index >= 15 is 0 Å². The maximum atomic E-state index is 11.1. The lowest BCUT2D eigenvalue weighted by Gasteiger charge is -2.32. The van der Waals surface area contributed by atoms with Crippen molar-refractivity contribution in [1.29, 1.82) is 0 Å². The molecule has 1 amide bonds. The minimum Gasteiger partial charge on any atom is -0.369 e. The number of guanidine groups is 1. The van der Waals surface area contributed by atoms with Crippen molar-refractivity contribution >= 4 is 41.5 Å². The Kier molecular flexibility index (Phi) is 9.15. The predicted molar refractivity (Wildman–Crippen MR) is 127 cm³/mol. The molecule has 3 heterocycles. The Morgan fingerprint density at radius 2 is 2.14 bits per heavy atom. The lowest BCUT2D eigenvalue weighted by molar-refractivity contribution is -0.119. The summed E-state index contributed by atoms with van der Waals surface area (Å²) in [5.41, 5.74) is 8.52. The molecule has 160 valence electrons. The van der Waals surface area contributed by atoms with Crippen molar-refractivity contribution < 1.29 is 4.79 Å². The molecule has 29 heavy (non-hydrogen) atoms. The first-order valence-corrected chi connectivity index (χ1v) is 10.0. The van der Waals surface area contributed by atoms with Crippen molar-refractivity contribution in [3.8, 4) is 0 Å². The van der Waals surface area contributed by atoms with Gasteiger partial charge in [0.1, 0.15) is 5.65 Å². The number of amides is 1. The molecule has 8 nitrogen and oxygen atoms in total. The third-order valence-electron chi connectivity index (χ3n) is 5.02. The number of nitrogens with two attached hydrogens (primary N) is 1. The number of piperidine rings is 1. The molecular formula is C20H32IN7O. The van der Waals surface area contributed by atoms with Crippen LogP contribution in [0.15, 0.2) is 29.5 Å². The molecule has 4 N–H and O–H groups in total. The van der Waals surface area contributed by atoms with Gasteiger partial charge in [-0.25, -0.2) is 4.98 Å². The van der Waals surface area contributed by atoms with Crippen LogP contribution < -0.4 is 16.4 Å². The van der Waals surface area contributed by atoms with Gasteiger partial charge in [0.2, 0.25) is 5.91 Å². The Bertz CT molecular complexity index is 827. The summed E-state index contributed by atoms with van der Waals surface area (Å²) in [5.74, 6) is 0.583. The number of aryl methyl sites for hydroxylation is 1. The summed E-state index contributed by atoms with van der Waals surface area (Å²) in [6.07, 6.45) is 6.85. The van der Waals surface area contributed by atoms with Gasteiger partial charge in [0.25, 0.3) is 0 Å². The summed E-state index contributed by atoms with van der Waals surface area (Å²) >= 11 is 0. The van der Waals surface area contributed by atoms with Gasteiger partial charge >= 0.3 is 0 Å². The van der Waals surface area contributed by atoms with Gasteiger partial charge in [0.15, 0.2) is 5.96 Å². The zero-order valence-corrected chi connectivity index (χ0v) is 19.6. The molecule has 0 atom stereocenters. The van der Waals surface area contributed by atoms with E-state index in [2.05, 4.69) is 46.0 Å². The van der Waals surface area contributed by atoms with E-state index in [4.69, 9.17) is 15.7 Å². The van der Waals surface area contributed by atoms with Gasteiger partial charge in [0.05, 0.1) is 12.2 Å². The van der Waals surface area contributed by atoms with Crippen LogP contribution in [0, 0.1) is 6.92 Å². The SMILES string of the molecule is CCNC(=NCCc1cn2cccc(C)c2n1)NC1CCN(CC(N)=O)CC1.I. The van der Waals surface area contributed by atoms with E-state index in [9.17, 15) is 4.79 Å². The number of carbonyl (C=O) groups excluding carboxylic acids is 1. The number of halogens is 1. The molecule has 0 aromatic carbocycles. The summed E-state index contributed by atoms with van der Waals surface area (Å²) in [6.45, 7) is 7.74. The van der Waals surface area contributed by atoms with Crippen molar-refractivity contribution in [1.82, 2.24) is 24.9 Å². The third-order valence-corrected chi connectivity index (χ3v) is 5.02. The monoisotopic (exact) mass is 513 g/mol. The van der Waals surface area contributed by atoms with Crippen LogP contribution in [-0.2, 0) is 11.2 Å². The number of rotatable bonds is 7. The minimum absolute atomic E-state index is 0. The number of imidazole rings is 1. The number of aliphatic imine (C=N–C) groups is 1. The van der Waals surface area contributed by atoms with Crippen molar-refractivity contribution in [2.45, 2.75) is 39.2 Å². The van der Waals surface area contributed by atoms with E-state index in [1.165, 1.54) is 5.56 Å².